The maximum Gasteiger partial charge on any atom is 0.0158 e. The Morgan fingerprint density at radius 1 is 0.298 bits per heavy atom. The fourth-order valence-corrected chi connectivity index (χ4v) is 8.12. The first-order valence-corrected chi connectivity index (χ1v) is 16.5. The van der Waals surface area contributed by atoms with Gasteiger partial charge < -0.3 is 0 Å². The molecule has 0 heterocycles. The van der Waals surface area contributed by atoms with Crippen LogP contribution in [0.2, 0.25) is 0 Å². The summed E-state index contributed by atoms with van der Waals surface area (Å²) in [5.74, 6) is 0. The van der Waals surface area contributed by atoms with E-state index in [1.165, 1.54) is 88.3 Å². The highest BCUT2D eigenvalue weighted by Gasteiger charge is 2.35. The van der Waals surface area contributed by atoms with Crippen molar-refractivity contribution < 1.29 is 0 Å². The summed E-state index contributed by atoms with van der Waals surface area (Å²) in [6, 6.07) is 62.6. The molecule has 1 aliphatic rings. The zero-order valence-corrected chi connectivity index (χ0v) is 26.7. The van der Waals surface area contributed by atoms with E-state index in [1.54, 1.807) is 0 Å². The Morgan fingerprint density at radius 2 is 0.745 bits per heavy atom. The molecule has 1 aliphatic carbocycles. The van der Waals surface area contributed by atoms with Crippen molar-refractivity contribution in [3.63, 3.8) is 0 Å². The van der Waals surface area contributed by atoms with Gasteiger partial charge in [-0.25, -0.2) is 0 Å². The first-order valence-electron chi connectivity index (χ1n) is 16.5. The fraction of sp³-hybridized carbons (Fsp3) is 0.0638. The highest BCUT2D eigenvalue weighted by molar-refractivity contribution is 6.24. The van der Waals surface area contributed by atoms with E-state index < -0.39 is 0 Å². The van der Waals surface area contributed by atoms with Crippen LogP contribution in [-0.2, 0) is 5.41 Å². The summed E-state index contributed by atoms with van der Waals surface area (Å²) in [5, 5.41) is 5.08. The van der Waals surface area contributed by atoms with Crippen molar-refractivity contribution in [2.75, 3.05) is 0 Å². The van der Waals surface area contributed by atoms with Crippen LogP contribution in [0.25, 0.3) is 77.2 Å². The molecule has 0 aromatic heterocycles. The van der Waals surface area contributed by atoms with E-state index in [9.17, 15) is 0 Å². The van der Waals surface area contributed by atoms with Gasteiger partial charge in [-0.3, -0.25) is 0 Å². The predicted octanol–water partition coefficient (Wildman–Crippen LogP) is 13.0. The number of fused-ring (bicyclic) bond motifs is 5. The van der Waals surface area contributed by atoms with Crippen molar-refractivity contribution in [2.24, 2.45) is 0 Å². The maximum atomic E-state index is 2.45. The van der Waals surface area contributed by atoms with Crippen LogP contribution >= 0.6 is 0 Å². The average molecular weight is 599 g/mol. The Labute approximate surface area is 276 Å². The zero-order valence-electron chi connectivity index (χ0n) is 26.7. The molecule has 222 valence electrons. The highest BCUT2D eigenvalue weighted by Crippen LogP contribution is 2.52. The number of hydrogen-bond donors (Lipinski definition) is 0. The fourth-order valence-electron chi connectivity index (χ4n) is 8.12. The third-order valence-electron chi connectivity index (χ3n) is 10.3. The van der Waals surface area contributed by atoms with E-state index in [0.717, 1.165) is 0 Å². The molecule has 0 N–H and O–H groups in total. The zero-order chi connectivity index (χ0) is 31.5. The summed E-state index contributed by atoms with van der Waals surface area (Å²) in [6.07, 6.45) is 0. The molecular weight excluding hydrogens is 565 g/mol. The third-order valence-corrected chi connectivity index (χ3v) is 10.3. The van der Waals surface area contributed by atoms with Gasteiger partial charge in [0, 0.05) is 5.41 Å². The van der Waals surface area contributed by atoms with Crippen molar-refractivity contribution in [3.05, 3.63) is 181 Å². The van der Waals surface area contributed by atoms with Crippen molar-refractivity contribution >= 4 is 21.5 Å². The van der Waals surface area contributed by atoms with Gasteiger partial charge in [-0.05, 0) is 94.4 Å². The minimum Gasteiger partial charge on any atom is -0.0622 e. The van der Waals surface area contributed by atoms with Crippen molar-refractivity contribution in [3.8, 4) is 55.6 Å². The molecule has 0 aliphatic heterocycles. The minimum absolute atomic E-state index is 0.0204. The van der Waals surface area contributed by atoms with E-state index in [4.69, 9.17) is 0 Å². The molecule has 0 nitrogen and oxygen atoms in total. The molecular formula is C47H34. The first-order chi connectivity index (χ1) is 23.1. The second-order valence-corrected chi connectivity index (χ2v) is 13.2. The molecule has 0 atom stereocenters. The molecule has 0 fully saturated rings. The molecule has 9 rings (SSSR count). The van der Waals surface area contributed by atoms with Crippen LogP contribution in [0.15, 0.2) is 170 Å². The summed E-state index contributed by atoms with van der Waals surface area (Å²) in [5.41, 5.74) is 15.5. The predicted molar refractivity (Wildman–Crippen MR) is 201 cm³/mol. The Bertz CT molecular complexity index is 2350. The summed E-state index contributed by atoms with van der Waals surface area (Å²) < 4.78 is 0. The van der Waals surface area contributed by atoms with Crippen LogP contribution in [0.5, 0.6) is 0 Å². The van der Waals surface area contributed by atoms with Crippen molar-refractivity contribution in [1.29, 1.82) is 0 Å². The van der Waals surface area contributed by atoms with E-state index >= 15 is 0 Å². The summed E-state index contributed by atoms with van der Waals surface area (Å²) in [4.78, 5) is 0. The van der Waals surface area contributed by atoms with E-state index in [-0.39, 0.29) is 5.41 Å². The quantitative estimate of drug-likeness (QED) is 0.177. The van der Waals surface area contributed by atoms with Crippen LogP contribution in [0.1, 0.15) is 25.0 Å². The van der Waals surface area contributed by atoms with Crippen molar-refractivity contribution in [2.45, 2.75) is 19.3 Å². The Balaban J connectivity index is 1.40. The van der Waals surface area contributed by atoms with Crippen LogP contribution in [0, 0.1) is 0 Å². The van der Waals surface area contributed by atoms with Gasteiger partial charge in [0.15, 0.2) is 0 Å². The van der Waals surface area contributed by atoms with Gasteiger partial charge in [-0.1, -0.05) is 178 Å². The van der Waals surface area contributed by atoms with Crippen molar-refractivity contribution in [1.82, 2.24) is 0 Å². The van der Waals surface area contributed by atoms with Gasteiger partial charge in [-0.2, -0.15) is 0 Å². The van der Waals surface area contributed by atoms with E-state index in [0.29, 0.717) is 0 Å². The number of rotatable bonds is 4. The standard InChI is InChI=1S/C47H34/c1-47(2)42-27-14-13-20-36(42)41-30-33(28-29-43(41)47)44-37-21-9-11-23-39(37)46(40-24-12-10-22-38(40)44)45-34(31-16-5-3-6-17-31)25-15-26-35(45)32-18-7-4-8-19-32/h3-30H,1-2H3. The largest absolute Gasteiger partial charge is 0.0622 e. The Kier molecular flexibility index (Phi) is 6.27. The molecule has 0 bridgehead atoms. The van der Waals surface area contributed by atoms with Crippen LogP contribution in [0.3, 0.4) is 0 Å². The lowest BCUT2D eigenvalue weighted by Crippen LogP contribution is -2.14. The summed E-state index contributed by atoms with van der Waals surface area (Å²) in [7, 11) is 0. The van der Waals surface area contributed by atoms with Gasteiger partial charge in [0.25, 0.3) is 0 Å². The van der Waals surface area contributed by atoms with E-state index in [2.05, 4.69) is 184 Å². The molecule has 0 spiro atoms. The lowest BCUT2D eigenvalue weighted by Gasteiger charge is -2.23. The van der Waals surface area contributed by atoms with Gasteiger partial charge in [0.2, 0.25) is 0 Å². The first kappa shape index (κ1) is 27.6. The molecule has 0 radical (unpaired) electrons. The Hall–Kier alpha value is -5.72. The van der Waals surface area contributed by atoms with Gasteiger partial charge >= 0.3 is 0 Å². The summed E-state index contributed by atoms with van der Waals surface area (Å²) >= 11 is 0. The monoisotopic (exact) mass is 598 g/mol. The second-order valence-electron chi connectivity index (χ2n) is 13.2. The topological polar surface area (TPSA) is 0 Å². The second kappa shape index (κ2) is 10.7. The Morgan fingerprint density at radius 3 is 1.32 bits per heavy atom. The van der Waals surface area contributed by atoms with Gasteiger partial charge in [0.05, 0.1) is 0 Å². The van der Waals surface area contributed by atoms with E-state index in [1.807, 2.05) is 0 Å². The van der Waals surface area contributed by atoms with Crippen LogP contribution in [0.4, 0.5) is 0 Å². The molecule has 0 saturated carbocycles. The molecule has 8 aromatic carbocycles. The lowest BCUT2D eigenvalue weighted by atomic mass is 9.80. The van der Waals surface area contributed by atoms with Crippen LogP contribution < -0.4 is 0 Å². The molecule has 47 heavy (non-hydrogen) atoms. The molecule has 0 saturated heterocycles. The number of benzene rings is 8. The summed E-state index contributed by atoms with van der Waals surface area (Å²) in [6.45, 7) is 4.71. The van der Waals surface area contributed by atoms with Crippen LogP contribution in [-0.4, -0.2) is 0 Å². The maximum absolute atomic E-state index is 2.45. The van der Waals surface area contributed by atoms with Gasteiger partial charge in [-0.15, -0.1) is 0 Å². The van der Waals surface area contributed by atoms with Gasteiger partial charge in [0.1, 0.15) is 0 Å². The molecule has 0 heteroatoms. The number of hydrogen-bond acceptors (Lipinski definition) is 0. The average Bonchev–Trinajstić information content (AvgIpc) is 3.36. The SMILES string of the molecule is CC1(C)c2ccccc2-c2cc(-c3c4ccccc4c(-c4c(-c5ccccc5)cccc4-c4ccccc4)c4ccccc34)ccc21. The molecule has 8 aromatic rings. The third kappa shape index (κ3) is 4.22. The smallest absolute Gasteiger partial charge is 0.0158 e. The minimum atomic E-state index is -0.0204. The lowest BCUT2D eigenvalue weighted by molar-refractivity contribution is 0.660. The molecule has 0 unspecified atom stereocenters. The molecule has 0 amide bonds. The normalized spacial score (nSPS) is 13.1. The highest BCUT2D eigenvalue weighted by atomic mass is 14.4.